The van der Waals surface area contributed by atoms with E-state index < -0.39 is 21.1 Å². The summed E-state index contributed by atoms with van der Waals surface area (Å²) in [5, 5.41) is 28.7. The van der Waals surface area contributed by atoms with Crippen LogP contribution in [0.25, 0.3) is 33.5 Å². The third-order valence-electron chi connectivity index (χ3n) is 6.16. The van der Waals surface area contributed by atoms with E-state index in [4.69, 9.17) is 20.8 Å². The van der Waals surface area contributed by atoms with Crippen LogP contribution in [0.1, 0.15) is 5.56 Å². The highest BCUT2D eigenvalue weighted by Crippen LogP contribution is 2.39. The van der Waals surface area contributed by atoms with E-state index in [1.54, 1.807) is 48.5 Å². The van der Waals surface area contributed by atoms with Crippen LogP contribution in [0, 0.1) is 20.2 Å². The largest absolute Gasteiger partial charge is 0.453 e. The number of pyridine rings is 1. The number of halogens is 2. The van der Waals surface area contributed by atoms with E-state index in [1.807, 2.05) is 0 Å². The van der Waals surface area contributed by atoms with Gasteiger partial charge in [-0.15, -0.1) is 0 Å². The zero-order valence-electron chi connectivity index (χ0n) is 21.4. The van der Waals surface area contributed by atoms with Gasteiger partial charge in [0.1, 0.15) is 11.8 Å². The third kappa shape index (κ3) is 5.43. The molecule has 0 amide bonds. The van der Waals surface area contributed by atoms with Crippen LogP contribution in [0.15, 0.2) is 97.8 Å². The lowest BCUT2D eigenvalue weighted by Crippen LogP contribution is -2.20. The van der Waals surface area contributed by atoms with Gasteiger partial charge in [0, 0.05) is 34.2 Å². The second kappa shape index (κ2) is 11.1. The van der Waals surface area contributed by atoms with Crippen molar-refractivity contribution in [1.82, 2.24) is 14.6 Å². The van der Waals surface area contributed by atoms with Gasteiger partial charge in [0.25, 0.3) is 11.2 Å². The molecule has 0 aliphatic heterocycles. The van der Waals surface area contributed by atoms with Crippen molar-refractivity contribution in [3.05, 3.63) is 125 Å². The minimum atomic E-state index is -0.669. The molecular formula is C28H14BrClN6O7. The average Bonchev–Trinajstić information content (AvgIpc) is 3.41. The topological polar surface area (TPSA) is 169 Å². The highest BCUT2D eigenvalue weighted by atomic mass is 79.9. The van der Waals surface area contributed by atoms with Gasteiger partial charge in [0.15, 0.2) is 5.76 Å². The summed E-state index contributed by atoms with van der Waals surface area (Å²) in [5.74, 6) is 0.0739. The summed E-state index contributed by atoms with van der Waals surface area (Å²) < 4.78 is 12.8. The van der Waals surface area contributed by atoms with E-state index in [1.165, 1.54) is 24.4 Å². The number of furan rings is 1. The standard InChI is InChI=1S/C28H14BrClN6O7/c29-20-9-15(10-22(36(40)41)26(20)43-25-8-6-18(14-31-25)35(38)39)13-32-34-27(33-21-4-2-1-3-19(21)28(34)37)24-12-16-11-17(30)5-7-23(16)42-24/h1-14H. The maximum absolute atomic E-state index is 13.5. The van der Waals surface area contributed by atoms with Gasteiger partial charge in [-0.05, 0) is 58.4 Å². The van der Waals surface area contributed by atoms with Crippen molar-refractivity contribution in [2.45, 2.75) is 0 Å². The molecule has 0 spiro atoms. The Morgan fingerprint density at radius 3 is 2.58 bits per heavy atom. The van der Waals surface area contributed by atoms with Gasteiger partial charge in [0.05, 0.1) is 31.4 Å². The van der Waals surface area contributed by atoms with E-state index in [-0.39, 0.29) is 38.9 Å². The molecule has 6 aromatic rings. The molecule has 0 aliphatic carbocycles. The average molecular weight is 662 g/mol. The van der Waals surface area contributed by atoms with Crippen molar-refractivity contribution >= 4 is 67.0 Å². The van der Waals surface area contributed by atoms with E-state index in [2.05, 4.69) is 31.0 Å². The molecule has 0 fully saturated rings. The van der Waals surface area contributed by atoms with Crippen LogP contribution in [0.2, 0.25) is 5.02 Å². The van der Waals surface area contributed by atoms with E-state index >= 15 is 0 Å². The van der Waals surface area contributed by atoms with E-state index in [0.717, 1.165) is 16.9 Å². The van der Waals surface area contributed by atoms with Crippen LogP contribution < -0.4 is 10.3 Å². The zero-order valence-corrected chi connectivity index (χ0v) is 23.7. The highest BCUT2D eigenvalue weighted by Gasteiger charge is 2.22. The highest BCUT2D eigenvalue weighted by molar-refractivity contribution is 9.10. The lowest BCUT2D eigenvalue weighted by atomic mass is 10.2. The number of nitro groups is 2. The molecule has 3 aromatic carbocycles. The first-order valence-corrected chi connectivity index (χ1v) is 13.4. The molecule has 0 unspecified atom stereocenters. The van der Waals surface area contributed by atoms with Gasteiger partial charge in [-0.2, -0.15) is 9.78 Å². The number of benzene rings is 3. The third-order valence-corrected chi connectivity index (χ3v) is 6.98. The Bertz CT molecular complexity index is 2180. The molecule has 0 saturated carbocycles. The van der Waals surface area contributed by atoms with Gasteiger partial charge >= 0.3 is 5.69 Å². The number of hydrogen-bond donors (Lipinski definition) is 0. The summed E-state index contributed by atoms with van der Waals surface area (Å²) in [6.45, 7) is 0. The summed E-state index contributed by atoms with van der Waals surface area (Å²) in [5.41, 5.74) is -0.0219. The van der Waals surface area contributed by atoms with Crippen LogP contribution in [0.4, 0.5) is 11.4 Å². The van der Waals surface area contributed by atoms with Crippen LogP contribution in [0.5, 0.6) is 11.6 Å². The van der Waals surface area contributed by atoms with Crippen LogP contribution in [-0.2, 0) is 0 Å². The number of nitro benzene ring substituents is 1. The number of fused-ring (bicyclic) bond motifs is 2. The molecule has 6 rings (SSSR count). The predicted molar refractivity (Wildman–Crippen MR) is 161 cm³/mol. The number of para-hydroxylation sites is 1. The Morgan fingerprint density at radius 1 is 1.02 bits per heavy atom. The molecule has 0 N–H and O–H groups in total. The normalized spacial score (nSPS) is 11.4. The Labute approximate surface area is 253 Å². The first kappa shape index (κ1) is 27.7. The first-order chi connectivity index (χ1) is 20.7. The smallest absolute Gasteiger partial charge is 0.313 e. The molecular weight excluding hydrogens is 648 g/mol. The Kier molecular flexibility index (Phi) is 7.13. The number of aromatic nitrogens is 3. The monoisotopic (exact) mass is 660 g/mol. The molecule has 0 atom stereocenters. The Morgan fingerprint density at radius 2 is 1.84 bits per heavy atom. The van der Waals surface area contributed by atoms with Crippen molar-refractivity contribution in [3.63, 3.8) is 0 Å². The first-order valence-electron chi connectivity index (χ1n) is 12.2. The second-order valence-corrected chi connectivity index (χ2v) is 10.2. The lowest BCUT2D eigenvalue weighted by molar-refractivity contribution is -0.385. The van der Waals surface area contributed by atoms with Crippen molar-refractivity contribution in [2.24, 2.45) is 5.10 Å². The van der Waals surface area contributed by atoms with Gasteiger partial charge in [-0.1, -0.05) is 23.7 Å². The summed E-state index contributed by atoms with van der Waals surface area (Å²) >= 11 is 9.40. The van der Waals surface area contributed by atoms with Crippen molar-refractivity contribution in [1.29, 1.82) is 0 Å². The molecule has 43 heavy (non-hydrogen) atoms. The maximum atomic E-state index is 13.5. The van der Waals surface area contributed by atoms with E-state index in [9.17, 15) is 25.0 Å². The fraction of sp³-hybridized carbons (Fsp3) is 0. The van der Waals surface area contributed by atoms with Crippen molar-refractivity contribution in [3.8, 4) is 23.2 Å². The van der Waals surface area contributed by atoms with Crippen molar-refractivity contribution in [2.75, 3.05) is 0 Å². The molecule has 212 valence electrons. The Hall–Kier alpha value is -5.47. The summed E-state index contributed by atoms with van der Waals surface area (Å²) in [6, 6.07) is 18.6. The van der Waals surface area contributed by atoms with Crippen LogP contribution in [0.3, 0.4) is 0 Å². The molecule has 13 nitrogen and oxygen atoms in total. The van der Waals surface area contributed by atoms with Crippen LogP contribution >= 0.6 is 27.5 Å². The number of nitrogens with zero attached hydrogens (tertiary/aromatic N) is 6. The van der Waals surface area contributed by atoms with Gasteiger partial charge in [0.2, 0.25) is 17.5 Å². The summed E-state index contributed by atoms with van der Waals surface area (Å²) in [7, 11) is 0. The second-order valence-electron chi connectivity index (χ2n) is 8.93. The van der Waals surface area contributed by atoms with Gasteiger partial charge in [-0.3, -0.25) is 25.0 Å². The number of ether oxygens (including phenoxy) is 1. The van der Waals surface area contributed by atoms with Gasteiger partial charge < -0.3 is 9.15 Å². The van der Waals surface area contributed by atoms with Crippen LogP contribution in [-0.4, -0.2) is 30.7 Å². The van der Waals surface area contributed by atoms with Crippen molar-refractivity contribution < 1.29 is 19.0 Å². The predicted octanol–water partition coefficient (Wildman–Crippen LogP) is 7.11. The fourth-order valence-electron chi connectivity index (χ4n) is 4.20. The molecule has 0 saturated heterocycles. The zero-order chi connectivity index (χ0) is 30.2. The molecule has 3 heterocycles. The Balaban J connectivity index is 1.43. The molecule has 3 aromatic heterocycles. The fourth-order valence-corrected chi connectivity index (χ4v) is 4.92. The molecule has 15 heteroatoms. The lowest BCUT2D eigenvalue weighted by Gasteiger charge is -2.09. The number of hydrogen-bond acceptors (Lipinski definition) is 10. The quantitative estimate of drug-likeness (QED) is 0.0983. The molecule has 0 bridgehead atoms. The SMILES string of the molecule is O=c1c2ccccc2nc(-c2cc3cc(Cl)ccc3o2)n1N=Cc1cc(Br)c(Oc2ccc([N+](=O)[O-])cn2)c([N+](=O)[O-])c1. The summed E-state index contributed by atoms with van der Waals surface area (Å²) in [4.78, 5) is 43.5. The minimum absolute atomic E-state index is 0.0960. The van der Waals surface area contributed by atoms with Gasteiger partial charge in [-0.25, -0.2) is 9.97 Å². The van der Waals surface area contributed by atoms with E-state index in [0.29, 0.717) is 26.9 Å². The molecule has 0 radical (unpaired) electrons. The maximum Gasteiger partial charge on any atom is 0.313 e. The molecule has 0 aliphatic rings. The number of rotatable bonds is 7. The minimum Gasteiger partial charge on any atom is -0.453 e. The summed E-state index contributed by atoms with van der Waals surface area (Å²) in [6.07, 6.45) is 2.23.